The van der Waals surface area contributed by atoms with Crippen molar-refractivity contribution in [3.8, 4) is 0 Å². The van der Waals surface area contributed by atoms with Crippen molar-refractivity contribution in [1.29, 1.82) is 0 Å². The van der Waals surface area contributed by atoms with Gasteiger partial charge in [0.2, 0.25) is 5.91 Å². The van der Waals surface area contributed by atoms with Crippen LogP contribution in [0, 0.1) is 0 Å². The fourth-order valence-corrected chi connectivity index (χ4v) is 0.979. The molecule has 0 atom stereocenters. The van der Waals surface area contributed by atoms with E-state index in [1.165, 1.54) is 7.11 Å². The summed E-state index contributed by atoms with van der Waals surface area (Å²) in [5.74, 6) is -0.0913. The van der Waals surface area contributed by atoms with E-state index in [1.807, 2.05) is 30.3 Å². The molecule has 0 aliphatic rings. The highest BCUT2D eigenvalue weighted by atomic mass is 16.5. The molecule has 0 aliphatic heterocycles. The van der Waals surface area contributed by atoms with Crippen molar-refractivity contribution < 1.29 is 9.53 Å². The number of benzene rings is 1. The minimum absolute atomic E-state index is 0.0913. The molecule has 1 N–H and O–H groups in total. The molecule has 1 rings (SSSR count). The zero-order valence-corrected chi connectivity index (χ0v) is 7.62. The fraction of sp³-hybridized carbons (Fsp3) is 0.300. The maximum atomic E-state index is 11.0. The van der Waals surface area contributed by atoms with Crippen LogP contribution < -0.4 is 5.32 Å². The van der Waals surface area contributed by atoms with Gasteiger partial charge in [-0.15, -0.1) is 0 Å². The summed E-state index contributed by atoms with van der Waals surface area (Å²) >= 11 is 0. The molecular formula is C10H13NO2. The highest BCUT2D eigenvalue weighted by Crippen LogP contribution is 1.96. The third-order valence-corrected chi connectivity index (χ3v) is 1.61. The Kier molecular flexibility index (Phi) is 3.99. The van der Waals surface area contributed by atoms with Crippen molar-refractivity contribution in [3.05, 3.63) is 35.9 Å². The molecule has 0 heterocycles. The van der Waals surface area contributed by atoms with Crippen molar-refractivity contribution in [2.75, 3.05) is 13.7 Å². The van der Waals surface area contributed by atoms with Crippen molar-refractivity contribution in [1.82, 2.24) is 5.32 Å². The van der Waals surface area contributed by atoms with Gasteiger partial charge in [-0.1, -0.05) is 30.3 Å². The Hall–Kier alpha value is -1.35. The molecule has 3 heteroatoms. The maximum Gasteiger partial charge on any atom is 0.246 e. The van der Waals surface area contributed by atoms with Crippen LogP contribution >= 0.6 is 0 Å². The van der Waals surface area contributed by atoms with Gasteiger partial charge < -0.3 is 10.1 Å². The number of ether oxygens (including phenoxy) is 1. The zero-order valence-electron chi connectivity index (χ0n) is 7.62. The minimum Gasteiger partial charge on any atom is -0.375 e. The Labute approximate surface area is 77.7 Å². The first kappa shape index (κ1) is 9.74. The molecule has 0 bridgehead atoms. The standard InChI is InChI=1S/C10H13NO2/c1-13-8-10(12)11-7-9-5-3-2-4-6-9/h2-6H,7-8H2,1H3,(H,11,12). The Morgan fingerprint density at radius 3 is 2.69 bits per heavy atom. The maximum absolute atomic E-state index is 11.0. The van der Waals surface area contributed by atoms with Crippen LogP contribution in [0.2, 0.25) is 0 Å². The first-order valence-electron chi connectivity index (χ1n) is 4.12. The lowest BCUT2D eigenvalue weighted by atomic mass is 10.2. The molecule has 70 valence electrons. The summed E-state index contributed by atoms with van der Waals surface area (Å²) in [6, 6.07) is 9.76. The van der Waals surface area contributed by atoms with Crippen LogP contribution in [0.4, 0.5) is 0 Å². The highest BCUT2D eigenvalue weighted by Gasteiger charge is 1.98. The lowest BCUT2D eigenvalue weighted by molar-refractivity contribution is -0.124. The number of nitrogens with one attached hydrogen (secondary N) is 1. The smallest absolute Gasteiger partial charge is 0.246 e. The first-order chi connectivity index (χ1) is 6.33. The van der Waals surface area contributed by atoms with E-state index in [1.54, 1.807) is 0 Å². The minimum atomic E-state index is -0.0913. The lowest BCUT2D eigenvalue weighted by Crippen LogP contribution is -2.26. The number of methoxy groups -OCH3 is 1. The third kappa shape index (κ3) is 3.71. The Morgan fingerprint density at radius 1 is 1.38 bits per heavy atom. The van der Waals surface area contributed by atoms with E-state index in [4.69, 9.17) is 0 Å². The summed E-state index contributed by atoms with van der Waals surface area (Å²) in [5, 5.41) is 2.74. The number of carbonyl (C=O) groups excluding carboxylic acids is 1. The van der Waals surface area contributed by atoms with Crippen LogP contribution in [0.1, 0.15) is 5.56 Å². The van der Waals surface area contributed by atoms with E-state index in [0.29, 0.717) is 6.54 Å². The third-order valence-electron chi connectivity index (χ3n) is 1.61. The number of hydrogen-bond donors (Lipinski definition) is 1. The molecule has 0 aliphatic carbocycles. The van der Waals surface area contributed by atoms with E-state index >= 15 is 0 Å². The van der Waals surface area contributed by atoms with Crippen molar-refractivity contribution in [2.45, 2.75) is 6.54 Å². The molecular weight excluding hydrogens is 166 g/mol. The predicted molar refractivity (Wildman–Crippen MR) is 50.2 cm³/mol. The number of carbonyl (C=O) groups is 1. The second-order valence-electron chi connectivity index (χ2n) is 2.70. The van der Waals surface area contributed by atoms with Crippen LogP contribution in [0.5, 0.6) is 0 Å². The molecule has 1 aromatic rings. The molecule has 1 amide bonds. The average Bonchev–Trinajstić information content (AvgIpc) is 2.17. The monoisotopic (exact) mass is 179 g/mol. The normalized spacial score (nSPS) is 9.62. The van der Waals surface area contributed by atoms with E-state index < -0.39 is 0 Å². The van der Waals surface area contributed by atoms with Crippen LogP contribution in [-0.4, -0.2) is 19.6 Å². The quantitative estimate of drug-likeness (QED) is 0.747. The largest absolute Gasteiger partial charge is 0.375 e. The molecule has 13 heavy (non-hydrogen) atoms. The molecule has 0 spiro atoms. The van der Waals surface area contributed by atoms with E-state index in [2.05, 4.69) is 10.1 Å². The van der Waals surface area contributed by atoms with Gasteiger partial charge in [0, 0.05) is 13.7 Å². The molecule has 0 fully saturated rings. The number of hydrogen-bond acceptors (Lipinski definition) is 2. The second kappa shape index (κ2) is 5.32. The molecule has 0 radical (unpaired) electrons. The van der Waals surface area contributed by atoms with E-state index in [-0.39, 0.29) is 12.5 Å². The van der Waals surface area contributed by atoms with Gasteiger partial charge in [-0.25, -0.2) is 0 Å². The Balaban J connectivity index is 2.31. The second-order valence-corrected chi connectivity index (χ2v) is 2.70. The van der Waals surface area contributed by atoms with Gasteiger partial charge in [0.1, 0.15) is 6.61 Å². The van der Waals surface area contributed by atoms with Crippen LogP contribution in [0.25, 0.3) is 0 Å². The number of rotatable bonds is 4. The van der Waals surface area contributed by atoms with Crippen LogP contribution in [-0.2, 0) is 16.1 Å². The van der Waals surface area contributed by atoms with Gasteiger partial charge >= 0.3 is 0 Å². The van der Waals surface area contributed by atoms with Crippen molar-refractivity contribution in [3.63, 3.8) is 0 Å². The molecule has 3 nitrogen and oxygen atoms in total. The molecule has 0 aromatic heterocycles. The van der Waals surface area contributed by atoms with Crippen LogP contribution in [0.15, 0.2) is 30.3 Å². The highest BCUT2D eigenvalue weighted by molar-refractivity contribution is 5.77. The fourth-order valence-electron chi connectivity index (χ4n) is 0.979. The van der Waals surface area contributed by atoms with Crippen molar-refractivity contribution in [2.24, 2.45) is 0 Å². The molecule has 0 saturated carbocycles. The first-order valence-corrected chi connectivity index (χ1v) is 4.12. The Bertz CT molecular complexity index is 259. The predicted octanol–water partition coefficient (Wildman–Crippen LogP) is 0.949. The van der Waals surface area contributed by atoms with Gasteiger partial charge in [0.05, 0.1) is 0 Å². The van der Waals surface area contributed by atoms with Gasteiger partial charge in [-0.2, -0.15) is 0 Å². The van der Waals surface area contributed by atoms with E-state index in [9.17, 15) is 4.79 Å². The molecule has 1 aromatic carbocycles. The van der Waals surface area contributed by atoms with Gasteiger partial charge in [0.25, 0.3) is 0 Å². The zero-order chi connectivity index (χ0) is 9.52. The number of amides is 1. The summed E-state index contributed by atoms with van der Waals surface area (Å²) in [4.78, 5) is 11.0. The molecule has 0 saturated heterocycles. The topological polar surface area (TPSA) is 38.3 Å². The van der Waals surface area contributed by atoms with E-state index in [0.717, 1.165) is 5.56 Å². The summed E-state index contributed by atoms with van der Waals surface area (Å²) in [5.41, 5.74) is 1.09. The summed E-state index contributed by atoms with van der Waals surface area (Å²) in [7, 11) is 1.50. The van der Waals surface area contributed by atoms with Gasteiger partial charge in [0.15, 0.2) is 0 Å². The van der Waals surface area contributed by atoms with Crippen LogP contribution in [0.3, 0.4) is 0 Å². The summed E-state index contributed by atoms with van der Waals surface area (Å²) < 4.78 is 4.68. The summed E-state index contributed by atoms with van der Waals surface area (Å²) in [6.07, 6.45) is 0. The summed E-state index contributed by atoms with van der Waals surface area (Å²) in [6.45, 7) is 0.676. The molecule has 0 unspecified atom stereocenters. The average molecular weight is 179 g/mol. The Morgan fingerprint density at radius 2 is 2.08 bits per heavy atom. The van der Waals surface area contributed by atoms with Gasteiger partial charge in [-0.05, 0) is 5.56 Å². The van der Waals surface area contributed by atoms with Gasteiger partial charge in [-0.3, -0.25) is 4.79 Å². The lowest BCUT2D eigenvalue weighted by Gasteiger charge is -2.03. The van der Waals surface area contributed by atoms with Crippen molar-refractivity contribution >= 4 is 5.91 Å². The SMILES string of the molecule is COCC(=O)NCc1ccccc1.